The zero-order valence-electron chi connectivity index (χ0n) is 14.7. The van der Waals surface area contributed by atoms with E-state index in [0.29, 0.717) is 50.2 Å². The first-order chi connectivity index (χ1) is 12.2. The second-order valence-electron chi connectivity index (χ2n) is 6.17. The number of hydrogen-bond acceptors (Lipinski definition) is 6. The number of nitrogens with zero attached hydrogens (tertiary/aromatic N) is 4. The summed E-state index contributed by atoms with van der Waals surface area (Å²) in [5.41, 5.74) is 1.18. The van der Waals surface area contributed by atoms with E-state index in [1.807, 2.05) is 15.7 Å². The molecule has 0 aliphatic carbocycles. The molecule has 3 heterocycles. The van der Waals surface area contributed by atoms with Gasteiger partial charge in [-0.05, 0) is 19.8 Å². The smallest absolute Gasteiger partial charge is 0.259 e. The molecule has 136 valence electrons. The molecule has 2 aromatic rings. The van der Waals surface area contributed by atoms with Crippen molar-refractivity contribution in [1.29, 1.82) is 0 Å². The number of aromatic nitrogens is 3. The summed E-state index contributed by atoms with van der Waals surface area (Å²) < 4.78 is 17.5. The first-order valence-corrected chi connectivity index (χ1v) is 8.48. The van der Waals surface area contributed by atoms with E-state index in [1.165, 1.54) is 6.26 Å². The number of piperidine rings is 1. The summed E-state index contributed by atoms with van der Waals surface area (Å²) in [6, 6.07) is 0. The second kappa shape index (κ2) is 8.26. The number of methoxy groups -OCH3 is 1. The van der Waals surface area contributed by atoms with E-state index in [0.717, 1.165) is 18.7 Å². The van der Waals surface area contributed by atoms with E-state index < -0.39 is 0 Å². The van der Waals surface area contributed by atoms with E-state index in [1.54, 1.807) is 20.2 Å². The van der Waals surface area contributed by atoms with E-state index >= 15 is 0 Å². The first-order valence-electron chi connectivity index (χ1n) is 8.48. The van der Waals surface area contributed by atoms with Crippen LogP contribution in [0.1, 0.15) is 40.6 Å². The van der Waals surface area contributed by atoms with Crippen molar-refractivity contribution >= 4 is 5.91 Å². The van der Waals surface area contributed by atoms with Gasteiger partial charge in [0, 0.05) is 38.5 Å². The summed E-state index contributed by atoms with van der Waals surface area (Å²) in [5.74, 6) is 1.34. The Morgan fingerprint density at radius 1 is 1.36 bits per heavy atom. The summed E-state index contributed by atoms with van der Waals surface area (Å²) in [4.78, 5) is 18.9. The molecule has 1 fully saturated rings. The minimum atomic E-state index is -0.0107. The minimum Gasteiger partial charge on any atom is -0.382 e. The maximum Gasteiger partial charge on any atom is 0.259 e. The predicted molar refractivity (Wildman–Crippen MR) is 89.2 cm³/mol. The molecule has 8 nitrogen and oxygen atoms in total. The molecule has 0 aromatic carbocycles. The van der Waals surface area contributed by atoms with Crippen LogP contribution >= 0.6 is 0 Å². The lowest BCUT2D eigenvalue weighted by molar-refractivity contribution is 0.0318. The quantitative estimate of drug-likeness (QED) is 0.710. The topological polar surface area (TPSA) is 82.6 Å². The second-order valence-corrected chi connectivity index (χ2v) is 6.17. The third kappa shape index (κ3) is 4.08. The molecular formula is C17H24N4O4. The van der Waals surface area contributed by atoms with Crippen LogP contribution in [0.3, 0.4) is 0 Å². The van der Waals surface area contributed by atoms with Crippen molar-refractivity contribution < 1.29 is 18.8 Å². The van der Waals surface area contributed by atoms with Crippen molar-refractivity contribution in [3.8, 4) is 0 Å². The van der Waals surface area contributed by atoms with Gasteiger partial charge in [-0.25, -0.2) is 4.98 Å². The highest BCUT2D eigenvalue weighted by atomic mass is 16.5. The Morgan fingerprint density at radius 3 is 2.84 bits per heavy atom. The first kappa shape index (κ1) is 17.6. The molecule has 0 spiro atoms. The van der Waals surface area contributed by atoms with Crippen LogP contribution in [0.15, 0.2) is 23.2 Å². The van der Waals surface area contributed by atoms with E-state index in [-0.39, 0.29) is 5.91 Å². The number of aryl methyl sites for hydroxylation is 1. The molecule has 0 bridgehead atoms. The SMILES string of the molecule is COCCOCn1ccnc1C1CCN(C(=O)c2conc2C)CC1. The number of imidazole rings is 1. The van der Waals surface area contributed by atoms with Gasteiger partial charge < -0.3 is 23.5 Å². The summed E-state index contributed by atoms with van der Waals surface area (Å²) >= 11 is 0. The van der Waals surface area contributed by atoms with Crippen LogP contribution < -0.4 is 0 Å². The molecule has 0 atom stereocenters. The lowest BCUT2D eigenvalue weighted by Gasteiger charge is -2.31. The summed E-state index contributed by atoms with van der Waals surface area (Å²) in [7, 11) is 1.65. The van der Waals surface area contributed by atoms with Gasteiger partial charge in [0.05, 0.1) is 18.9 Å². The normalized spacial score (nSPS) is 15.7. The summed E-state index contributed by atoms with van der Waals surface area (Å²) in [6.45, 7) is 4.78. The molecule has 1 saturated heterocycles. The van der Waals surface area contributed by atoms with Gasteiger partial charge in [-0.3, -0.25) is 4.79 Å². The van der Waals surface area contributed by atoms with Gasteiger partial charge in [-0.15, -0.1) is 0 Å². The molecule has 8 heteroatoms. The Kier molecular flexibility index (Phi) is 5.83. The molecule has 3 rings (SSSR count). The molecule has 25 heavy (non-hydrogen) atoms. The van der Waals surface area contributed by atoms with Crippen molar-refractivity contribution in [2.24, 2.45) is 0 Å². The highest BCUT2D eigenvalue weighted by Crippen LogP contribution is 2.28. The van der Waals surface area contributed by atoms with Crippen molar-refractivity contribution in [2.45, 2.75) is 32.4 Å². The lowest BCUT2D eigenvalue weighted by atomic mass is 9.95. The number of carbonyl (C=O) groups is 1. The molecule has 0 saturated carbocycles. The van der Waals surface area contributed by atoms with Crippen molar-refractivity contribution in [2.75, 3.05) is 33.4 Å². The maximum atomic E-state index is 12.5. The average Bonchev–Trinajstić information content (AvgIpc) is 3.27. The van der Waals surface area contributed by atoms with Crippen LogP contribution in [0.2, 0.25) is 0 Å². The number of likely N-dealkylation sites (tertiary alicyclic amines) is 1. The van der Waals surface area contributed by atoms with Crippen LogP contribution in [-0.4, -0.2) is 58.9 Å². The van der Waals surface area contributed by atoms with Crippen LogP contribution in [0.4, 0.5) is 0 Å². The van der Waals surface area contributed by atoms with E-state index in [2.05, 4.69) is 10.1 Å². The van der Waals surface area contributed by atoms with Crippen LogP contribution in [-0.2, 0) is 16.2 Å². The summed E-state index contributed by atoms with van der Waals surface area (Å²) in [5, 5.41) is 3.78. The van der Waals surface area contributed by atoms with Crippen molar-refractivity contribution in [3.63, 3.8) is 0 Å². The number of rotatable bonds is 7. The van der Waals surface area contributed by atoms with E-state index in [4.69, 9.17) is 14.0 Å². The molecule has 2 aromatic heterocycles. The Labute approximate surface area is 146 Å². The third-order valence-electron chi connectivity index (χ3n) is 4.54. The molecule has 0 N–H and O–H groups in total. The van der Waals surface area contributed by atoms with Gasteiger partial charge >= 0.3 is 0 Å². The molecule has 1 aliphatic heterocycles. The zero-order valence-corrected chi connectivity index (χ0v) is 14.7. The van der Waals surface area contributed by atoms with Crippen LogP contribution in [0.25, 0.3) is 0 Å². The summed E-state index contributed by atoms with van der Waals surface area (Å²) in [6.07, 6.45) is 6.91. The van der Waals surface area contributed by atoms with Crippen molar-refractivity contribution in [1.82, 2.24) is 19.6 Å². The fourth-order valence-corrected chi connectivity index (χ4v) is 3.10. The molecule has 0 unspecified atom stereocenters. The minimum absolute atomic E-state index is 0.0107. The monoisotopic (exact) mass is 348 g/mol. The lowest BCUT2D eigenvalue weighted by Crippen LogP contribution is -2.38. The van der Waals surface area contributed by atoms with Gasteiger partial charge in [-0.2, -0.15) is 0 Å². The van der Waals surface area contributed by atoms with Crippen LogP contribution in [0, 0.1) is 6.92 Å². The Hall–Kier alpha value is -2.19. The molecule has 1 amide bonds. The van der Waals surface area contributed by atoms with Crippen molar-refractivity contribution in [3.05, 3.63) is 35.7 Å². The standard InChI is InChI=1S/C17H24N4O4/c1-13-15(11-25-19-13)17(22)20-6-3-14(4-7-20)16-18-5-8-21(16)12-24-10-9-23-2/h5,8,11,14H,3-4,6-7,9-10,12H2,1-2H3. The average molecular weight is 348 g/mol. The van der Waals surface area contributed by atoms with Gasteiger partial charge in [0.1, 0.15) is 24.4 Å². The third-order valence-corrected chi connectivity index (χ3v) is 4.54. The highest BCUT2D eigenvalue weighted by Gasteiger charge is 2.28. The maximum absolute atomic E-state index is 12.5. The number of carbonyl (C=O) groups excluding carboxylic acids is 1. The van der Waals surface area contributed by atoms with E-state index in [9.17, 15) is 4.79 Å². The Balaban J connectivity index is 1.55. The zero-order chi connectivity index (χ0) is 17.6. The molecule has 1 aliphatic rings. The Bertz CT molecular complexity index is 688. The largest absolute Gasteiger partial charge is 0.382 e. The number of amides is 1. The highest BCUT2D eigenvalue weighted by molar-refractivity contribution is 5.94. The fourth-order valence-electron chi connectivity index (χ4n) is 3.10. The Morgan fingerprint density at radius 2 is 2.16 bits per heavy atom. The predicted octanol–water partition coefficient (Wildman–Crippen LogP) is 1.82. The fraction of sp³-hybridized carbons (Fsp3) is 0.588. The van der Waals surface area contributed by atoms with Gasteiger partial charge in [0.15, 0.2) is 0 Å². The molecule has 0 radical (unpaired) electrons. The van der Waals surface area contributed by atoms with Crippen LogP contribution in [0.5, 0.6) is 0 Å². The number of ether oxygens (including phenoxy) is 2. The van der Waals surface area contributed by atoms with Gasteiger partial charge in [-0.1, -0.05) is 5.16 Å². The van der Waals surface area contributed by atoms with Gasteiger partial charge in [0.25, 0.3) is 5.91 Å². The van der Waals surface area contributed by atoms with Gasteiger partial charge in [0.2, 0.25) is 0 Å². The molecular weight excluding hydrogens is 324 g/mol. The number of hydrogen-bond donors (Lipinski definition) is 0.